The fourth-order valence-corrected chi connectivity index (χ4v) is 5.99. The third-order valence-corrected chi connectivity index (χ3v) is 8.69. The second-order valence-electron chi connectivity index (χ2n) is 10.5. The first-order valence-electron chi connectivity index (χ1n) is 14.6. The maximum Gasteiger partial charge on any atom is 0.475 e. The van der Waals surface area contributed by atoms with E-state index in [-0.39, 0.29) is 19.8 Å². The summed E-state index contributed by atoms with van der Waals surface area (Å²) >= 11 is 0. The normalized spacial score (nSPS) is 11.4. The molecule has 0 aliphatic rings. The molecule has 0 saturated heterocycles. The van der Waals surface area contributed by atoms with Gasteiger partial charge in [0.15, 0.2) is 0 Å². The smallest absolute Gasteiger partial charge is 0.282 e. The summed E-state index contributed by atoms with van der Waals surface area (Å²) in [6.45, 7) is 0.269. The molecule has 0 spiro atoms. The average Bonchev–Trinajstić information content (AvgIpc) is 3.11. The van der Waals surface area contributed by atoms with Gasteiger partial charge >= 0.3 is 7.82 Å². The summed E-state index contributed by atoms with van der Waals surface area (Å²) in [4.78, 5) is 0. The van der Waals surface area contributed by atoms with Gasteiger partial charge in [0.05, 0.1) is 19.8 Å². The summed E-state index contributed by atoms with van der Waals surface area (Å²) < 4.78 is 31.6. The van der Waals surface area contributed by atoms with E-state index in [9.17, 15) is 4.57 Å². The minimum absolute atomic E-state index is 0.0895. The van der Waals surface area contributed by atoms with Gasteiger partial charge in [0.1, 0.15) is 0 Å². The zero-order valence-electron chi connectivity index (χ0n) is 24.3. The van der Waals surface area contributed by atoms with E-state index in [1.807, 2.05) is 127 Å². The van der Waals surface area contributed by atoms with Crippen LogP contribution < -0.4 is 0 Å². The first kappa shape index (κ1) is 29.5. The molecule has 0 radical (unpaired) electrons. The number of hydrogen-bond acceptors (Lipinski definition) is 4. The molecule has 0 bridgehead atoms. The molecule has 4 nitrogen and oxygen atoms in total. The van der Waals surface area contributed by atoms with E-state index in [1.54, 1.807) is 0 Å². The molecule has 0 unspecified atom stereocenters. The Morgan fingerprint density at radius 1 is 0.318 bits per heavy atom. The van der Waals surface area contributed by atoms with Crippen LogP contribution in [0.4, 0.5) is 0 Å². The predicted molar refractivity (Wildman–Crippen MR) is 178 cm³/mol. The topological polar surface area (TPSA) is 44.8 Å². The van der Waals surface area contributed by atoms with Crippen molar-refractivity contribution < 1.29 is 18.1 Å². The van der Waals surface area contributed by atoms with E-state index in [4.69, 9.17) is 13.6 Å². The molecular weight excluding hydrogens is 563 g/mol. The summed E-state index contributed by atoms with van der Waals surface area (Å²) in [6, 6.07) is 54.5. The Morgan fingerprint density at radius 2 is 0.545 bits per heavy atom. The fraction of sp³-hybridized carbons (Fsp3) is 0.0769. The molecule has 0 aliphatic heterocycles. The van der Waals surface area contributed by atoms with Gasteiger partial charge in [-0.3, -0.25) is 13.6 Å². The van der Waals surface area contributed by atoms with Crippen molar-refractivity contribution in [3.63, 3.8) is 0 Å². The van der Waals surface area contributed by atoms with Crippen LogP contribution in [0.5, 0.6) is 0 Å². The molecule has 6 aromatic rings. The molecule has 0 amide bonds. The Labute approximate surface area is 259 Å². The molecule has 6 rings (SSSR count). The second-order valence-corrected chi connectivity index (χ2v) is 12.1. The van der Waals surface area contributed by atoms with Gasteiger partial charge in [-0.2, -0.15) is 0 Å². The fourth-order valence-electron chi connectivity index (χ4n) is 4.84. The van der Waals surface area contributed by atoms with E-state index in [2.05, 4.69) is 36.4 Å². The average molecular weight is 597 g/mol. The highest BCUT2D eigenvalue weighted by atomic mass is 31.2. The zero-order valence-corrected chi connectivity index (χ0v) is 25.2. The summed E-state index contributed by atoms with van der Waals surface area (Å²) in [5.41, 5.74) is 9.31. The highest BCUT2D eigenvalue weighted by Crippen LogP contribution is 2.51. The highest BCUT2D eigenvalue weighted by molar-refractivity contribution is 7.48. The van der Waals surface area contributed by atoms with Gasteiger partial charge in [-0.1, -0.05) is 164 Å². The van der Waals surface area contributed by atoms with Crippen LogP contribution in [0.3, 0.4) is 0 Å². The molecule has 6 aromatic carbocycles. The van der Waals surface area contributed by atoms with Gasteiger partial charge in [0.2, 0.25) is 0 Å². The van der Waals surface area contributed by atoms with Crippen molar-refractivity contribution in [2.45, 2.75) is 19.8 Å². The van der Waals surface area contributed by atoms with Crippen molar-refractivity contribution in [1.82, 2.24) is 0 Å². The maximum atomic E-state index is 13.9. The minimum Gasteiger partial charge on any atom is -0.282 e. The van der Waals surface area contributed by atoms with Crippen LogP contribution in [0.1, 0.15) is 16.7 Å². The Morgan fingerprint density at radius 3 is 0.795 bits per heavy atom. The lowest BCUT2D eigenvalue weighted by molar-refractivity contribution is 0.0978. The molecule has 218 valence electrons. The van der Waals surface area contributed by atoms with E-state index < -0.39 is 7.82 Å². The largest absolute Gasteiger partial charge is 0.475 e. The number of hydrogen-bond donors (Lipinski definition) is 0. The minimum atomic E-state index is -3.93. The van der Waals surface area contributed by atoms with Gasteiger partial charge < -0.3 is 0 Å². The van der Waals surface area contributed by atoms with Gasteiger partial charge in [-0.25, -0.2) is 4.57 Å². The van der Waals surface area contributed by atoms with Gasteiger partial charge in [-0.15, -0.1) is 0 Å². The van der Waals surface area contributed by atoms with Crippen LogP contribution >= 0.6 is 7.82 Å². The molecule has 0 heterocycles. The summed E-state index contributed by atoms with van der Waals surface area (Å²) in [5, 5.41) is 0. The SMILES string of the molecule is O=P(OCc1ccc(-c2ccccc2)cc1)(OCc1ccc(-c2ccccc2)cc1)OCc1ccc(-c2ccccc2)cc1. The Hall–Kier alpha value is -4.57. The Balaban J connectivity index is 1.14. The Kier molecular flexibility index (Phi) is 9.57. The summed E-state index contributed by atoms with van der Waals surface area (Å²) in [7, 11) is -3.93. The molecule has 0 saturated carbocycles. The van der Waals surface area contributed by atoms with Gasteiger partial charge in [-0.05, 0) is 50.1 Å². The standard InChI is InChI=1S/C39H33O4P/c40-44(41-28-31-16-22-37(23-17-31)34-10-4-1-5-11-34,42-29-32-18-24-38(25-19-32)35-12-6-2-7-13-35)43-30-33-20-26-39(27-21-33)36-14-8-3-9-15-36/h1-27H,28-30H2. The van der Waals surface area contributed by atoms with Gasteiger partial charge in [0.25, 0.3) is 0 Å². The summed E-state index contributed by atoms with van der Waals surface area (Å²) in [6.07, 6.45) is 0. The third kappa shape index (κ3) is 7.87. The molecular formula is C39H33O4P. The quantitative estimate of drug-likeness (QED) is 0.132. The van der Waals surface area contributed by atoms with E-state index >= 15 is 0 Å². The first-order valence-corrected chi connectivity index (χ1v) is 16.1. The third-order valence-electron chi connectivity index (χ3n) is 7.35. The van der Waals surface area contributed by atoms with Crippen LogP contribution in [-0.2, 0) is 38.0 Å². The van der Waals surface area contributed by atoms with Crippen molar-refractivity contribution in [2.24, 2.45) is 0 Å². The molecule has 0 fully saturated rings. The lowest BCUT2D eigenvalue weighted by atomic mass is 10.0. The summed E-state index contributed by atoms with van der Waals surface area (Å²) in [5.74, 6) is 0. The lowest BCUT2D eigenvalue weighted by Crippen LogP contribution is -2.02. The van der Waals surface area contributed by atoms with Crippen LogP contribution in [-0.4, -0.2) is 0 Å². The van der Waals surface area contributed by atoms with Crippen molar-refractivity contribution in [2.75, 3.05) is 0 Å². The van der Waals surface area contributed by atoms with Crippen LogP contribution in [0, 0.1) is 0 Å². The first-order chi connectivity index (χ1) is 21.6. The molecule has 5 heteroatoms. The Bertz CT molecular complexity index is 1570. The second kappa shape index (κ2) is 14.3. The van der Waals surface area contributed by atoms with E-state index in [1.165, 1.54) is 0 Å². The molecule has 0 atom stereocenters. The van der Waals surface area contributed by atoms with Gasteiger partial charge in [0, 0.05) is 0 Å². The lowest BCUT2D eigenvalue weighted by Gasteiger charge is -2.19. The van der Waals surface area contributed by atoms with Crippen molar-refractivity contribution in [3.05, 3.63) is 180 Å². The van der Waals surface area contributed by atoms with E-state index in [0.717, 1.165) is 50.1 Å². The van der Waals surface area contributed by atoms with E-state index in [0.29, 0.717) is 0 Å². The van der Waals surface area contributed by atoms with Crippen LogP contribution in [0.25, 0.3) is 33.4 Å². The van der Waals surface area contributed by atoms with Crippen LogP contribution in [0.15, 0.2) is 164 Å². The number of phosphoric acid groups is 1. The monoisotopic (exact) mass is 596 g/mol. The zero-order chi connectivity index (χ0) is 30.0. The van der Waals surface area contributed by atoms with Crippen molar-refractivity contribution in [3.8, 4) is 33.4 Å². The number of phosphoric ester groups is 1. The number of rotatable bonds is 12. The van der Waals surface area contributed by atoms with Crippen molar-refractivity contribution >= 4 is 7.82 Å². The predicted octanol–water partition coefficient (Wildman–Crippen LogP) is 10.7. The maximum absolute atomic E-state index is 13.9. The van der Waals surface area contributed by atoms with Crippen LogP contribution in [0.2, 0.25) is 0 Å². The molecule has 0 N–H and O–H groups in total. The number of benzene rings is 6. The highest BCUT2D eigenvalue weighted by Gasteiger charge is 2.27. The molecule has 0 aliphatic carbocycles. The molecule has 44 heavy (non-hydrogen) atoms. The van der Waals surface area contributed by atoms with Crippen molar-refractivity contribution in [1.29, 1.82) is 0 Å². The molecule has 0 aromatic heterocycles.